The van der Waals surface area contributed by atoms with E-state index in [1.165, 1.54) is 0 Å². The molecule has 0 N–H and O–H groups in total. The molecule has 0 radical (unpaired) electrons. The molecule has 0 saturated carbocycles. The molecule has 0 aromatic rings. The molecule has 4 heteroatoms. The molecule has 0 bridgehead atoms. The maximum atomic E-state index is 11.9. The zero-order chi connectivity index (χ0) is 13.6. The van der Waals surface area contributed by atoms with Gasteiger partial charge in [0.05, 0.1) is 11.3 Å². The lowest BCUT2D eigenvalue weighted by molar-refractivity contribution is -0.138. The fourth-order valence-electron chi connectivity index (χ4n) is 1.78. The zero-order valence-corrected chi connectivity index (χ0v) is 13.2. The van der Waals surface area contributed by atoms with E-state index in [2.05, 4.69) is 27.4 Å². The molecule has 0 atom stereocenters. The number of hydrogen-bond donors (Lipinski definition) is 0. The summed E-state index contributed by atoms with van der Waals surface area (Å²) < 4.78 is 11.1. The first-order chi connectivity index (χ1) is 8.44. The Hall–Kier alpha value is -1.03. The molecule has 0 heterocycles. The number of carbonyl (C=O) groups excluding carboxylic acids is 1. The van der Waals surface area contributed by atoms with Crippen LogP contribution in [0.2, 0.25) is 5.04 Å². The van der Waals surface area contributed by atoms with Crippen LogP contribution >= 0.6 is 0 Å². The predicted octanol–water partition coefficient (Wildman–Crippen LogP) is 2.86. The van der Waals surface area contributed by atoms with E-state index in [9.17, 15) is 4.79 Å². The first-order valence-corrected chi connectivity index (χ1v) is 7.85. The molecule has 102 valence electrons. The Kier molecular flexibility index (Phi) is 5.66. The Morgan fingerprint density at radius 1 is 1.39 bits per heavy atom. The van der Waals surface area contributed by atoms with E-state index >= 15 is 0 Å². The summed E-state index contributed by atoms with van der Waals surface area (Å²) in [6, 6.07) is 0. The average Bonchev–Trinajstić information content (AvgIpc) is 2.33. The molecule has 0 amide bonds. The van der Waals surface area contributed by atoms with E-state index in [0.29, 0.717) is 0 Å². The first kappa shape index (κ1) is 15.0. The predicted molar refractivity (Wildman–Crippen MR) is 76.0 cm³/mol. The third kappa shape index (κ3) is 5.08. The van der Waals surface area contributed by atoms with Gasteiger partial charge in [-0.1, -0.05) is 33.4 Å². The molecule has 18 heavy (non-hydrogen) atoms. The second-order valence-corrected chi connectivity index (χ2v) is 8.54. The normalized spacial score (nSPS) is 17.1. The van der Waals surface area contributed by atoms with Crippen molar-refractivity contribution < 1.29 is 14.0 Å². The van der Waals surface area contributed by atoms with E-state index in [4.69, 9.17) is 9.16 Å². The maximum Gasteiger partial charge on any atom is 0.337 e. The first-order valence-electron chi connectivity index (χ1n) is 6.57. The van der Waals surface area contributed by atoms with Crippen LogP contribution < -0.4 is 0 Å². The van der Waals surface area contributed by atoms with Crippen LogP contribution in [0.25, 0.3) is 0 Å². The van der Waals surface area contributed by atoms with Crippen LogP contribution in [0.15, 0.2) is 24.0 Å². The van der Waals surface area contributed by atoms with Crippen molar-refractivity contribution in [1.29, 1.82) is 0 Å². The van der Waals surface area contributed by atoms with Gasteiger partial charge < -0.3 is 9.16 Å². The van der Waals surface area contributed by atoms with Gasteiger partial charge in [-0.15, -0.1) is 0 Å². The van der Waals surface area contributed by atoms with Crippen molar-refractivity contribution in [3.63, 3.8) is 0 Å². The lowest BCUT2D eigenvalue weighted by Gasteiger charge is -2.24. The number of allylic oxidation sites excluding steroid dienone is 1. The van der Waals surface area contributed by atoms with Gasteiger partial charge in [-0.25, -0.2) is 4.79 Å². The molecule has 0 aliphatic heterocycles. The molecule has 0 fully saturated rings. The van der Waals surface area contributed by atoms with Gasteiger partial charge in [0.15, 0.2) is 0 Å². The van der Waals surface area contributed by atoms with E-state index in [1.54, 1.807) is 6.08 Å². The van der Waals surface area contributed by atoms with Crippen LogP contribution in [0.5, 0.6) is 0 Å². The second kappa shape index (κ2) is 6.78. The van der Waals surface area contributed by atoms with Gasteiger partial charge >= 0.3 is 5.97 Å². The van der Waals surface area contributed by atoms with E-state index < -0.39 is 9.76 Å². The molecule has 3 nitrogen and oxygen atoms in total. The summed E-state index contributed by atoms with van der Waals surface area (Å²) in [7, 11) is -0.664. The van der Waals surface area contributed by atoms with Crippen molar-refractivity contribution in [2.24, 2.45) is 0 Å². The van der Waals surface area contributed by atoms with E-state index in [1.807, 2.05) is 0 Å². The Morgan fingerprint density at radius 3 is 2.67 bits per heavy atom. The van der Waals surface area contributed by atoms with E-state index in [0.717, 1.165) is 37.0 Å². The van der Waals surface area contributed by atoms with Gasteiger partial charge in [-0.2, -0.15) is 0 Å². The summed E-state index contributed by atoms with van der Waals surface area (Å²) in [5, 5.41) is 0.237. The summed E-state index contributed by atoms with van der Waals surface area (Å²) in [6.07, 6.45) is 5.39. The minimum absolute atomic E-state index is 0.229. The highest BCUT2D eigenvalue weighted by Crippen LogP contribution is 2.29. The highest BCUT2D eigenvalue weighted by molar-refractivity contribution is 6.32. The summed E-state index contributed by atoms with van der Waals surface area (Å²) in [6.45, 7) is 10.4. The quantitative estimate of drug-likeness (QED) is 0.437. The van der Waals surface area contributed by atoms with Crippen molar-refractivity contribution in [2.75, 3.05) is 6.61 Å². The molecule has 0 spiro atoms. The number of esters is 1. The third-order valence-corrected chi connectivity index (χ3v) is 4.03. The molecule has 1 rings (SSSR count). The van der Waals surface area contributed by atoms with Gasteiger partial charge in [0.25, 0.3) is 0 Å². The average molecular weight is 268 g/mol. The number of carbonyl (C=O) groups is 1. The Labute approximate surface area is 112 Å². The number of rotatable bonds is 5. The molecule has 0 aromatic carbocycles. The molecule has 0 unspecified atom stereocenters. The van der Waals surface area contributed by atoms with Crippen molar-refractivity contribution in [3.05, 3.63) is 24.0 Å². The lowest BCUT2D eigenvalue weighted by atomic mass is 9.98. The Bertz CT molecular complexity index is 339. The smallest absolute Gasteiger partial charge is 0.337 e. The summed E-state index contributed by atoms with van der Waals surface area (Å²) in [5.74, 6) is 0.657. The monoisotopic (exact) mass is 268 g/mol. The van der Waals surface area contributed by atoms with Crippen LogP contribution in [-0.2, 0) is 14.0 Å². The SMILES string of the molecule is C=CCOC(=O)C1=C(O[SiH2]C(C)(C)C)CCCC1. The number of hydrogen-bond acceptors (Lipinski definition) is 3. The third-order valence-electron chi connectivity index (χ3n) is 2.68. The van der Waals surface area contributed by atoms with Crippen molar-refractivity contribution >= 4 is 15.7 Å². The van der Waals surface area contributed by atoms with Crippen LogP contribution in [0.4, 0.5) is 0 Å². The second-order valence-electron chi connectivity index (χ2n) is 5.85. The molecular weight excluding hydrogens is 244 g/mol. The summed E-state index contributed by atoms with van der Waals surface area (Å²) in [5.41, 5.74) is 0.750. The lowest BCUT2D eigenvalue weighted by Crippen LogP contribution is -2.19. The topological polar surface area (TPSA) is 35.5 Å². The van der Waals surface area contributed by atoms with Crippen LogP contribution in [-0.4, -0.2) is 22.3 Å². The minimum Gasteiger partial charge on any atom is -0.551 e. The maximum absolute atomic E-state index is 11.9. The fraction of sp³-hybridized carbons (Fsp3) is 0.643. The van der Waals surface area contributed by atoms with Crippen LogP contribution in [0, 0.1) is 0 Å². The van der Waals surface area contributed by atoms with Crippen LogP contribution in [0.1, 0.15) is 46.5 Å². The molecule has 0 saturated heterocycles. The highest BCUT2D eigenvalue weighted by atomic mass is 28.2. The number of ether oxygens (including phenoxy) is 1. The largest absolute Gasteiger partial charge is 0.551 e. The van der Waals surface area contributed by atoms with Gasteiger partial charge in [-0.05, 0) is 24.3 Å². The van der Waals surface area contributed by atoms with Crippen molar-refractivity contribution in [3.8, 4) is 0 Å². The summed E-state index contributed by atoms with van der Waals surface area (Å²) >= 11 is 0. The van der Waals surface area contributed by atoms with E-state index in [-0.39, 0.29) is 17.6 Å². The Morgan fingerprint density at radius 2 is 2.06 bits per heavy atom. The standard InChI is InChI=1S/C14H24O3Si/c1-5-10-16-13(15)11-8-6-7-9-12(11)17-18-14(2,3)4/h5H,1,6-10,18H2,2-4H3. The molecule has 0 aromatic heterocycles. The fourth-order valence-corrected chi connectivity index (χ4v) is 2.70. The van der Waals surface area contributed by atoms with Gasteiger partial charge in [0.1, 0.15) is 6.61 Å². The summed E-state index contributed by atoms with van der Waals surface area (Å²) in [4.78, 5) is 11.9. The van der Waals surface area contributed by atoms with Crippen LogP contribution in [0.3, 0.4) is 0 Å². The molecule has 1 aliphatic rings. The Balaban J connectivity index is 2.69. The van der Waals surface area contributed by atoms with Gasteiger partial charge in [-0.3, -0.25) is 0 Å². The molecular formula is C14H24O3Si. The highest BCUT2D eigenvalue weighted by Gasteiger charge is 2.23. The zero-order valence-electron chi connectivity index (χ0n) is 11.8. The van der Waals surface area contributed by atoms with Crippen molar-refractivity contribution in [1.82, 2.24) is 0 Å². The van der Waals surface area contributed by atoms with Gasteiger partial charge in [0.2, 0.25) is 9.76 Å². The molecule has 1 aliphatic carbocycles. The van der Waals surface area contributed by atoms with Crippen molar-refractivity contribution in [2.45, 2.75) is 51.5 Å². The minimum atomic E-state index is -0.664. The van der Waals surface area contributed by atoms with Gasteiger partial charge in [0, 0.05) is 6.42 Å².